The molecule has 0 atom stereocenters. The number of aromatic nitrogens is 3. The van der Waals surface area contributed by atoms with Gasteiger partial charge in [-0.1, -0.05) is 5.22 Å². The number of rotatable bonds is 6. The molecule has 160 valence electrons. The average Bonchev–Trinajstić information content (AvgIpc) is 3.22. The lowest BCUT2D eigenvalue weighted by atomic mass is 10.2. The van der Waals surface area contributed by atoms with Crippen LogP contribution in [-0.4, -0.2) is 40.0 Å². The van der Waals surface area contributed by atoms with Gasteiger partial charge in [0.15, 0.2) is 0 Å². The van der Waals surface area contributed by atoms with Gasteiger partial charge in [0.1, 0.15) is 12.1 Å². The predicted octanol–water partition coefficient (Wildman–Crippen LogP) is 3.12. The van der Waals surface area contributed by atoms with Crippen molar-refractivity contribution in [2.75, 3.05) is 11.9 Å². The summed E-state index contributed by atoms with van der Waals surface area (Å²) in [4.78, 5) is 29.5. The summed E-state index contributed by atoms with van der Waals surface area (Å²) in [7, 11) is 1.49. The molecule has 0 spiro atoms. The van der Waals surface area contributed by atoms with Crippen LogP contribution >= 0.6 is 0 Å². The van der Waals surface area contributed by atoms with Gasteiger partial charge in [-0.2, -0.15) is 5.53 Å². The zero-order valence-corrected chi connectivity index (χ0v) is 15.8. The molecule has 1 heterocycles. The van der Waals surface area contributed by atoms with E-state index in [-0.39, 0.29) is 17.1 Å². The molecular formula is C18H14F3N7O3. The Morgan fingerprint density at radius 2 is 1.77 bits per heavy atom. The fourth-order valence-electron chi connectivity index (χ4n) is 2.50. The Labute approximate surface area is 172 Å². The Morgan fingerprint density at radius 1 is 1.13 bits per heavy atom. The number of hydrogen-bond acceptors (Lipinski definition) is 7. The van der Waals surface area contributed by atoms with Gasteiger partial charge in [0.25, 0.3) is 11.8 Å². The second-order valence-electron chi connectivity index (χ2n) is 6.02. The van der Waals surface area contributed by atoms with Crippen molar-refractivity contribution in [1.29, 1.82) is 5.53 Å². The Balaban J connectivity index is 1.72. The molecule has 2 aromatic carbocycles. The minimum atomic E-state index is -4.79. The Morgan fingerprint density at radius 3 is 2.35 bits per heavy atom. The molecule has 0 saturated carbocycles. The van der Waals surface area contributed by atoms with E-state index in [1.807, 2.05) is 5.43 Å². The van der Waals surface area contributed by atoms with Crippen LogP contribution in [0.3, 0.4) is 0 Å². The van der Waals surface area contributed by atoms with Gasteiger partial charge < -0.3 is 9.64 Å². The maximum atomic E-state index is 12.6. The summed E-state index contributed by atoms with van der Waals surface area (Å²) in [6, 6.07) is 10.8. The molecule has 3 rings (SSSR count). The van der Waals surface area contributed by atoms with Gasteiger partial charge in [0, 0.05) is 18.3 Å². The van der Waals surface area contributed by atoms with Gasteiger partial charge in [-0.05, 0) is 48.5 Å². The molecule has 31 heavy (non-hydrogen) atoms. The van der Waals surface area contributed by atoms with Gasteiger partial charge >= 0.3 is 6.36 Å². The molecule has 0 aliphatic heterocycles. The van der Waals surface area contributed by atoms with Crippen molar-refractivity contribution in [3.05, 3.63) is 66.2 Å². The maximum absolute atomic E-state index is 12.6. The van der Waals surface area contributed by atoms with Crippen LogP contribution in [0.1, 0.15) is 21.0 Å². The number of nitrogens with one attached hydrogen (secondary N) is 2. The van der Waals surface area contributed by atoms with E-state index in [0.717, 1.165) is 12.1 Å². The molecule has 1 aromatic heterocycles. The van der Waals surface area contributed by atoms with E-state index >= 15 is 0 Å². The van der Waals surface area contributed by atoms with Crippen LogP contribution in [0.25, 0.3) is 5.69 Å². The molecule has 0 bridgehead atoms. The number of carbonyl (C=O) groups excluding carboxylic acids is 2. The van der Waals surface area contributed by atoms with Crippen LogP contribution in [0.2, 0.25) is 0 Å². The molecule has 0 unspecified atom stereocenters. The third-order valence-electron chi connectivity index (χ3n) is 4.00. The molecule has 3 aromatic rings. The topological polar surface area (TPSA) is 126 Å². The van der Waals surface area contributed by atoms with E-state index in [1.165, 1.54) is 59.4 Å². The van der Waals surface area contributed by atoms with Crippen molar-refractivity contribution in [2.24, 2.45) is 5.22 Å². The first kappa shape index (κ1) is 21.4. The SMILES string of the molecule is CN(C(=O)c1ncn(-c2ccc(OC(F)(F)F)cc2)n1)c1ccc(C(=O)NN=N)cc1. The summed E-state index contributed by atoms with van der Waals surface area (Å²) in [6.45, 7) is 0. The normalized spacial score (nSPS) is 11.0. The highest BCUT2D eigenvalue weighted by Gasteiger charge is 2.31. The van der Waals surface area contributed by atoms with E-state index < -0.39 is 18.2 Å². The lowest BCUT2D eigenvalue weighted by Crippen LogP contribution is -2.27. The predicted molar refractivity (Wildman–Crippen MR) is 99.8 cm³/mol. The van der Waals surface area contributed by atoms with Crippen molar-refractivity contribution in [3.63, 3.8) is 0 Å². The third-order valence-corrected chi connectivity index (χ3v) is 4.00. The number of nitrogens with zero attached hydrogens (tertiary/aromatic N) is 5. The van der Waals surface area contributed by atoms with Crippen LogP contribution in [-0.2, 0) is 0 Å². The van der Waals surface area contributed by atoms with E-state index in [9.17, 15) is 22.8 Å². The fourth-order valence-corrected chi connectivity index (χ4v) is 2.50. The number of ether oxygens (including phenoxy) is 1. The molecule has 2 N–H and O–H groups in total. The van der Waals surface area contributed by atoms with E-state index in [4.69, 9.17) is 5.53 Å². The molecule has 0 saturated heterocycles. The van der Waals surface area contributed by atoms with Gasteiger partial charge in [-0.3, -0.25) is 9.59 Å². The van der Waals surface area contributed by atoms with Crippen molar-refractivity contribution in [2.45, 2.75) is 6.36 Å². The second-order valence-corrected chi connectivity index (χ2v) is 6.02. The highest BCUT2D eigenvalue weighted by Crippen LogP contribution is 2.23. The first-order valence-corrected chi connectivity index (χ1v) is 8.51. The standard InChI is InChI=1S/C18H14F3N7O3/c1-27(12-4-2-11(3-5-12)16(29)24-26-22)17(30)15-23-10-28(25-15)13-6-8-14(9-7-13)31-18(19,20)21/h2-10H,1H3,(H2,22,24,29). The van der Waals surface area contributed by atoms with E-state index in [0.29, 0.717) is 11.4 Å². The fraction of sp³-hybridized carbons (Fsp3) is 0.111. The smallest absolute Gasteiger partial charge is 0.406 e. The van der Waals surface area contributed by atoms with Crippen LogP contribution < -0.4 is 15.1 Å². The molecular weight excluding hydrogens is 419 g/mol. The van der Waals surface area contributed by atoms with Gasteiger partial charge in [0.2, 0.25) is 5.82 Å². The first-order valence-electron chi connectivity index (χ1n) is 8.51. The molecule has 0 aliphatic carbocycles. The molecule has 10 nitrogen and oxygen atoms in total. The maximum Gasteiger partial charge on any atom is 0.573 e. The largest absolute Gasteiger partial charge is 0.573 e. The Bertz CT molecular complexity index is 1100. The molecule has 13 heteroatoms. The zero-order chi connectivity index (χ0) is 22.6. The Kier molecular flexibility index (Phi) is 5.95. The summed E-state index contributed by atoms with van der Waals surface area (Å²) in [5.41, 5.74) is 9.68. The van der Waals surface area contributed by atoms with Crippen molar-refractivity contribution in [1.82, 2.24) is 20.2 Å². The first-order chi connectivity index (χ1) is 14.7. The lowest BCUT2D eigenvalue weighted by molar-refractivity contribution is -0.274. The number of carbonyl (C=O) groups is 2. The van der Waals surface area contributed by atoms with E-state index in [1.54, 1.807) is 0 Å². The van der Waals surface area contributed by atoms with Gasteiger partial charge in [0.05, 0.1) is 5.69 Å². The van der Waals surface area contributed by atoms with Gasteiger partial charge in [-0.25, -0.2) is 15.1 Å². The summed E-state index contributed by atoms with van der Waals surface area (Å²) >= 11 is 0. The van der Waals surface area contributed by atoms with Crippen molar-refractivity contribution >= 4 is 17.5 Å². The summed E-state index contributed by atoms with van der Waals surface area (Å²) in [5.74, 6) is -1.65. The van der Waals surface area contributed by atoms with Crippen LogP contribution in [0, 0.1) is 5.53 Å². The summed E-state index contributed by atoms with van der Waals surface area (Å²) in [6.07, 6.45) is -3.55. The number of hydrogen-bond donors (Lipinski definition) is 2. The molecule has 0 aliphatic rings. The number of benzene rings is 2. The van der Waals surface area contributed by atoms with Gasteiger partial charge in [-0.15, -0.1) is 18.3 Å². The molecule has 0 fully saturated rings. The van der Waals surface area contributed by atoms with Crippen molar-refractivity contribution in [3.8, 4) is 11.4 Å². The molecule has 2 amide bonds. The highest BCUT2D eigenvalue weighted by atomic mass is 19.4. The summed E-state index contributed by atoms with van der Waals surface area (Å²) in [5, 5.41) is 6.85. The second kappa shape index (κ2) is 8.61. The van der Waals surface area contributed by atoms with Crippen LogP contribution in [0.15, 0.2) is 60.1 Å². The zero-order valence-electron chi connectivity index (χ0n) is 15.8. The van der Waals surface area contributed by atoms with Crippen LogP contribution in [0.4, 0.5) is 18.9 Å². The number of alkyl halides is 3. The number of amides is 2. The van der Waals surface area contributed by atoms with Crippen molar-refractivity contribution < 1.29 is 27.5 Å². The number of anilines is 1. The van der Waals surface area contributed by atoms with E-state index in [2.05, 4.69) is 20.0 Å². The summed E-state index contributed by atoms with van der Waals surface area (Å²) < 4.78 is 41.8. The highest BCUT2D eigenvalue weighted by molar-refractivity contribution is 6.03. The monoisotopic (exact) mass is 433 g/mol. The minimum absolute atomic E-state index is 0.145. The molecule has 0 radical (unpaired) electrons. The lowest BCUT2D eigenvalue weighted by Gasteiger charge is -2.15. The third kappa shape index (κ3) is 5.20. The average molecular weight is 433 g/mol. The minimum Gasteiger partial charge on any atom is -0.406 e. The quantitative estimate of drug-likeness (QED) is 0.456. The number of halogens is 3. The Hall–Kier alpha value is -4.29. The van der Waals surface area contributed by atoms with Crippen LogP contribution in [0.5, 0.6) is 5.75 Å².